The number of hydrogen-bond acceptors (Lipinski definition) is 8. The van der Waals surface area contributed by atoms with Crippen LogP contribution >= 0.6 is 0 Å². The van der Waals surface area contributed by atoms with Crippen molar-refractivity contribution in [1.29, 1.82) is 0 Å². The average molecular weight is 592 g/mol. The molecule has 222 valence electrons. The zero-order chi connectivity index (χ0) is 31.5. The third-order valence-electron chi connectivity index (χ3n) is 6.00. The van der Waals surface area contributed by atoms with Gasteiger partial charge in [-0.3, -0.25) is 19.2 Å². The van der Waals surface area contributed by atoms with Crippen LogP contribution in [-0.2, 0) is 9.59 Å². The molecule has 43 heavy (non-hydrogen) atoms. The van der Waals surface area contributed by atoms with Crippen LogP contribution < -0.4 is 5.32 Å². The molecule has 4 rings (SSSR count). The minimum atomic E-state index is -1.10. The fraction of sp³-hybridized carbons (Fsp3) is 0.161. The highest BCUT2D eigenvalue weighted by atomic mass is 19.1. The molecule has 2 aromatic carbocycles. The number of carbonyl (C=O) groups is 4. The number of benzene rings is 2. The summed E-state index contributed by atoms with van der Waals surface area (Å²) < 4.78 is 26.3. The minimum absolute atomic E-state index is 0.0299. The quantitative estimate of drug-likeness (QED) is 0.187. The standard InChI is InChI=1S/C16H15FN2O3.C15H12FNO4/c1-18-15(22)6-5-13(20)16-14(21)8-11(9-19-16)10-3-2-4-12(17)7-10;16-11-3-1-2-9(6-11)10-7-13(19)15(17-8-10)12(18)4-5-14(20)21/h2-4,7-9,21H,5-6H2,1H3,(H,18,22);1-3,6-8,19H,4-5H2,(H,20,21). The molecular formula is C31H27F2N3O7. The molecule has 0 saturated heterocycles. The van der Waals surface area contributed by atoms with Gasteiger partial charge in [0.15, 0.2) is 11.6 Å². The van der Waals surface area contributed by atoms with E-state index in [9.17, 15) is 38.2 Å². The van der Waals surface area contributed by atoms with E-state index in [4.69, 9.17) is 5.11 Å². The van der Waals surface area contributed by atoms with Crippen molar-refractivity contribution in [2.45, 2.75) is 25.7 Å². The summed E-state index contributed by atoms with van der Waals surface area (Å²) >= 11 is 0. The number of aliphatic carboxylic acids is 1. The van der Waals surface area contributed by atoms with Crippen molar-refractivity contribution >= 4 is 23.4 Å². The Hall–Kier alpha value is -5.52. The highest BCUT2D eigenvalue weighted by molar-refractivity contribution is 5.99. The predicted molar refractivity (Wildman–Crippen MR) is 151 cm³/mol. The van der Waals surface area contributed by atoms with Crippen LogP contribution in [0.5, 0.6) is 11.5 Å². The second kappa shape index (κ2) is 14.9. The molecule has 0 saturated carbocycles. The van der Waals surface area contributed by atoms with Crippen LogP contribution in [0.3, 0.4) is 0 Å². The van der Waals surface area contributed by atoms with Gasteiger partial charge >= 0.3 is 5.97 Å². The lowest BCUT2D eigenvalue weighted by atomic mass is 10.0. The number of aromatic nitrogens is 2. The first kappa shape index (κ1) is 32.0. The number of nitrogens with one attached hydrogen (secondary N) is 1. The summed E-state index contributed by atoms with van der Waals surface area (Å²) in [5.74, 6) is -3.80. The molecule has 0 atom stereocenters. The van der Waals surface area contributed by atoms with Crippen molar-refractivity contribution in [2.24, 2.45) is 0 Å². The molecule has 4 N–H and O–H groups in total. The molecule has 12 heteroatoms. The maximum Gasteiger partial charge on any atom is 0.303 e. The molecule has 0 radical (unpaired) electrons. The molecular weight excluding hydrogens is 564 g/mol. The van der Waals surface area contributed by atoms with Crippen molar-refractivity contribution in [1.82, 2.24) is 15.3 Å². The lowest BCUT2D eigenvalue weighted by Gasteiger charge is -2.06. The molecule has 0 aliphatic rings. The van der Waals surface area contributed by atoms with Gasteiger partial charge in [0.2, 0.25) is 5.91 Å². The largest absolute Gasteiger partial charge is 0.506 e. The predicted octanol–water partition coefficient (Wildman–Crippen LogP) is 4.94. The molecule has 2 aromatic heterocycles. The number of rotatable bonds is 10. The molecule has 0 spiro atoms. The number of carboxylic acids is 1. The van der Waals surface area contributed by atoms with Gasteiger partial charge in [-0.15, -0.1) is 0 Å². The number of hydrogen-bond donors (Lipinski definition) is 4. The summed E-state index contributed by atoms with van der Waals surface area (Å²) in [4.78, 5) is 53.0. The number of carboxylic acid groups (broad SMARTS) is 1. The van der Waals surface area contributed by atoms with Crippen LogP contribution in [-0.4, -0.2) is 55.8 Å². The fourth-order valence-electron chi connectivity index (χ4n) is 3.80. The smallest absolute Gasteiger partial charge is 0.303 e. The van der Waals surface area contributed by atoms with E-state index in [1.165, 1.54) is 61.9 Å². The number of halogens is 2. The second-order valence-electron chi connectivity index (χ2n) is 9.12. The van der Waals surface area contributed by atoms with Crippen molar-refractivity contribution < 1.29 is 43.3 Å². The lowest BCUT2D eigenvalue weighted by molar-refractivity contribution is -0.137. The monoisotopic (exact) mass is 591 g/mol. The van der Waals surface area contributed by atoms with Crippen molar-refractivity contribution in [3.63, 3.8) is 0 Å². The Kier molecular flexibility index (Phi) is 11.1. The summed E-state index contributed by atoms with van der Waals surface area (Å²) in [7, 11) is 1.48. The molecule has 0 aliphatic heterocycles. The van der Waals surface area contributed by atoms with Gasteiger partial charge < -0.3 is 20.6 Å². The fourth-order valence-corrected chi connectivity index (χ4v) is 3.80. The Balaban J connectivity index is 0.000000236. The van der Waals surface area contributed by atoms with Gasteiger partial charge in [-0.05, 0) is 47.5 Å². The van der Waals surface area contributed by atoms with E-state index in [0.29, 0.717) is 22.3 Å². The molecule has 0 aliphatic carbocycles. The molecule has 2 heterocycles. The van der Waals surface area contributed by atoms with E-state index in [1.54, 1.807) is 18.2 Å². The Morgan fingerprint density at radius 2 is 1.12 bits per heavy atom. The van der Waals surface area contributed by atoms with Crippen LogP contribution in [0.4, 0.5) is 8.78 Å². The summed E-state index contributed by atoms with van der Waals surface area (Å²) in [6, 6.07) is 14.2. The third-order valence-corrected chi connectivity index (χ3v) is 6.00. The Labute approximate surface area is 244 Å². The first-order valence-corrected chi connectivity index (χ1v) is 12.9. The number of Topliss-reactive ketones (excluding diaryl/α,β-unsaturated/α-hetero) is 2. The molecule has 0 unspecified atom stereocenters. The van der Waals surface area contributed by atoms with E-state index in [0.717, 1.165) is 0 Å². The van der Waals surface area contributed by atoms with Gasteiger partial charge in [-0.1, -0.05) is 24.3 Å². The zero-order valence-corrected chi connectivity index (χ0v) is 22.9. The van der Waals surface area contributed by atoms with Gasteiger partial charge in [0.05, 0.1) is 6.42 Å². The van der Waals surface area contributed by atoms with E-state index in [2.05, 4.69) is 15.3 Å². The molecule has 10 nitrogen and oxygen atoms in total. The first-order chi connectivity index (χ1) is 20.5. The minimum Gasteiger partial charge on any atom is -0.506 e. The number of carbonyl (C=O) groups excluding carboxylic acids is 3. The number of ketones is 2. The summed E-state index contributed by atoms with van der Waals surface area (Å²) in [6.45, 7) is 0. The Morgan fingerprint density at radius 1 is 0.674 bits per heavy atom. The van der Waals surface area contributed by atoms with E-state index < -0.39 is 29.2 Å². The maximum atomic E-state index is 13.2. The number of nitrogens with zero attached hydrogens (tertiary/aromatic N) is 2. The van der Waals surface area contributed by atoms with Crippen LogP contribution in [0.2, 0.25) is 0 Å². The SMILES string of the molecule is CNC(=O)CCC(=O)c1ncc(-c2cccc(F)c2)cc1O.O=C(O)CCC(=O)c1ncc(-c2cccc(F)c2)cc1O. The molecule has 4 aromatic rings. The Bertz CT molecular complexity index is 1660. The van der Waals surface area contributed by atoms with Crippen molar-refractivity contribution in [2.75, 3.05) is 7.05 Å². The van der Waals surface area contributed by atoms with Crippen LogP contribution in [0, 0.1) is 11.6 Å². The van der Waals surface area contributed by atoms with Gasteiger partial charge in [-0.25, -0.2) is 18.7 Å². The first-order valence-electron chi connectivity index (χ1n) is 12.9. The molecule has 0 fully saturated rings. The zero-order valence-electron chi connectivity index (χ0n) is 22.9. The van der Waals surface area contributed by atoms with Gasteiger partial charge in [0.1, 0.15) is 34.5 Å². The second-order valence-corrected chi connectivity index (χ2v) is 9.12. The number of pyridine rings is 2. The number of aromatic hydroxyl groups is 2. The highest BCUT2D eigenvalue weighted by Gasteiger charge is 2.17. The summed E-state index contributed by atoms with van der Waals surface area (Å²) in [5, 5.41) is 30.7. The maximum absolute atomic E-state index is 13.2. The van der Waals surface area contributed by atoms with Crippen molar-refractivity contribution in [3.05, 3.63) is 96.1 Å². The topological polar surface area (TPSA) is 167 Å². The normalized spacial score (nSPS) is 10.3. The lowest BCUT2D eigenvalue weighted by Crippen LogP contribution is -2.18. The Morgan fingerprint density at radius 3 is 1.49 bits per heavy atom. The van der Waals surface area contributed by atoms with E-state index in [1.807, 2.05) is 0 Å². The molecule has 1 amide bonds. The van der Waals surface area contributed by atoms with E-state index in [-0.39, 0.29) is 54.5 Å². The van der Waals surface area contributed by atoms with E-state index >= 15 is 0 Å². The highest BCUT2D eigenvalue weighted by Crippen LogP contribution is 2.27. The van der Waals surface area contributed by atoms with Crippen LogP contribution in [0.15, 0.2) is 73.1 Å². The summed E-state index contributed by atoms with van der Waals surface area (Å²) in [6.07, 6.45) is 2.15. The van der Waals surface area contributed by atoms with Crippen LogP contribution in [0.1, 0.15) is 46.7 Å². The third kappa shape index (κ3) is 9.25. The van der Waals surface area contributed by atoms with Gasteiger partial charge in [0.25, 0.3) is 0 Å². The van der Waals surface area contributed by atoms with Gasteiger partial charge in [0, 0.05) is 49.8 Å². The molecule has 0 bridgehead atoms. The number of amides is 1. The summed E-state index contributed by atoms with van der Waals surface area (Å²) in [5.41, 5.74) is 1.75. The van der Waals surface area contributed by atoms with Crippen molar-refractivity contribution in [3.8, 4) is 33.8 Å². The van der Waals surface area contributed by atoms with Gasteiger partial charge in [-0.2, -0.15) is 0 Å². The average Bonchev–Trinajstić information content (AvgIpc) is 2.98. The van der Waals surface area contributed by atoms with Crippen LogP contribution in [0.25, 0.3) is 22.3 Å².